The van der Waals surface area contributed by atoms with Gasteiger partial charge in [0.1, 0.15) is 17.6 Å². The highest BCUT2D eigenvalue weighted by molar-refractivity contribution is 6.35. The van der Waals surface area contributed by atoms with Crippen LogP contribution in [0.1, 0.15) is 42.2 Å². The lowest BCUT2D eigenvalue weighted by atomic mass is 10.1. The lowest BCUT2D eigenvalue weighted by Crippen LogP contribution is -2.30. The van der Waals surface area contributed by atoms with Crippen LogP contribution < -0.4 is 15.1 Å². The van der Waals surface area contributed by atoms with Crippen LogP contribution in [0, 0.1) is 13.8 Å². The molecule has 40 heavy (non-hydrogen) atoms. The van der Waals surface area contributed by atoms with Crippen molar-refractivity contribution in [2.75, 3.05) is 4.90 Å². The molecule has 196 valence electrons. The Bertz CT molecular complexity index is 1940. The summed E-state index contributed by atoms with van der Waals surface area (Å²) in [5, 5.41) is 0.874. The van der Waals surface area contributed by atoms with E-state index in [-0.39, 0.29) is 33.5 Å². The number of fused-ring (bicyclic) bond motifs is 2. The van der Waals surface area contributed by atoms with Gasteiger partial charge >= 0.3 is 5.97 Å². The van der Waals surface area contributed by atoms with Crippen LogP contribution in [0.3, 0.4) is 0 Å². The van der Waals surface area contributed by atoms with E-state index in [2.05, 4.69) is 0 Å². The number of hydrogen-bond donors (Lipinski definition) is 0. The Morgan fingerprint density at radius 2 is 1.55 bits per heavy atom. The minimum Gasteiger partial charge on any atom is -0.463 e. The van der Waals surface area contributed by atoms with Gasteiger partial charge in [-0.3, -0.25) is 14.4 Å². The number of carbonyl (C=O) groups is 3. The summed E-state index contributed by atoms with van der Waals surface area (Å²) in [7, 11) is 0. The summed E-state index contributed by atoms with van der Waals surface area (Å²) in [5.74, 6) is -1.53. The van der Waals surface area contributed by atoms with E-state index in [9.17, 15) is 19.2 Å². The molecule has 7 nitrogen and oxygen atoms in total. The van der Waals surface area contributed by atoms with Crippen molar-refractivity contribution in [1.82, 2.24) is 0 Å². The number of amides is 2. The number of rotatable bonds is 4. The number of halogens is 1. The van der Waals surface area contributed by atoms with Crippen molar-refractivity contribution in [2.45, 2.75) is 13.8 Å². The van der Waals surface area contributed by atoms with Gasteiger partial charge in [-0.15, -0.1) is 0 Å². The van der Waals surface area contributed by atoms with Gasteiger partial charge in [-0.1, -0.05) is 35.9 Å². The second kappa shape index (κ2) is 9.63. The maximum atomic E-state index is 13.2. The van der Waals surface area contributed by atoms with E-state index in [1.807, 2.05) is 26.0 Å². The minimum atomic E-state index is -0.729. The molecule has 6 rings (SSSR count). The van der Waals surface area contributed by atoms with Gasteiger partial charge in [0, 0.05) is 11.1 Å². The van der Waals surface area contributed by atoms with Crippen LogP contribution in [0.5, 0.6) is 5.75 Å². The third-order valence-electron chi connectivity index (χ3n) is 6.84. The van der Waals surface area contributed by atoms with Crippen LogP contribution in [0.4, 0.5) is 5.69 Å². The van der Waals surface area contributed by atoms with E-state index in [1.165, 1.54) is 42.7 Å². The normalized spacial score (nSPS) is 12.6. The summed E-state index contributed by atoms with van der Waals surface area (Å²) in [6.45, 7) is 3.71. The summed E-state index contributed by atoms with van der Waals surface area (Å²) in [5.41, 5.74) is 3.68. The van der Waals surface area contributed by atoms with Crippen LogP contribution in [-0.2, 0) is 0 Å². The topological polar surface area (TPSA) is 93.9 Å². The molecule has 0 saturated heterocycles. The number of aryl methyl sites for hydroxylation is 2. The van der Waals surface area contributed by atoms with Gasteiger partial charge < -0.3 is 9.15 Å². The summed E-state index contributed by atoms with van der Waals surface area (Å²) < 4.78 is 11.2. The summed E-state index contributed by atoms with van der Waals surface area (Å²) in [4.78, 5) is 53.5. The van der Waals surface area contributed by atoms with Gasteiger partial charge in [0.2, 0.25) is 0 Å². The zero-order valence-electron chi connectivity index (χ0n) is 21.4. The minimum absolute atomic E-state index is 0.0994. The molecule has 0 atom stereocenters. The number of carbonyl (C=O) groups excluding carboxylic acids is 3. The Labute approximate surface area is 233 Å². The molecule has 1 aromatic heterocycles. The zero-order valence-corrected chi connectivity index (χ0v) is 22.1. The molecule has 1 aliphatic rings. The number of anilines is 1. The summed E-state index contributed by atoms with van der Waals surface area (Å²) >= 11 is 5.94. The molecule has 0 saturated carbocycles. The first kappa shape index (κ1) is 25.3. The van der Waals surface area contributed by atoms with Gasteiger partial charge in [0.25, 0.3) is 11.8 Å². The number of nitrogens with zero attached hydrogens (tertiary/aromatic N) is 1. The van der Waals surface area contributed by atoms with E-state index < -0.39 is 17.8 Å². The molecule has 8 heteroatoms. The fourth-order valence-corrected chi connectivity index (χ4v) is 4.84. The highest BCUT2D eigenvalue weighted by Crippen LogP contribution is 2.32. The Morgan fingerprint density at radius 1 is 0.800 bits per heavy atom. The van der Waals surface area contributed by atoms with Crippen molar-refractivity contribution in [3.63, 3.8) is 0 Å². The predicted molar refractivity (Wildman–Crippen MR) is 151 cm³/mol. The molecule has 5 aromatic rings. The fraction of sp³-hybridized carbons (Fsp3) is 0.0625. The lowest BCUT2D eigenvalue weighted by molar-refractivity contribution is 0.0734. The third kappa shape index (κ3) is 4.26. The molecule has 4 aromatic carbocycles. The Balaban J connectivity index is 1.26. The van der Waals surface area contributed by atoms with Gasteiger partial charge in [0.15, 0.2) is 5.43 Å². The zero-order chi connectivity index (χ0) is 28.1. The first-order valence-electron chi connectivity index (χ1n) is 12.3. The second-order valence-electron chi connectivity index (χ2n) is 9.53. The van der Waals surface area contributed by atoms with E-state index in [0.29, 0.717) is 27.2 Å². The summed E-state index contributed by atoms with van der Waals surface area (Å²) in [6, 6.07) is 21.1. The maximum absolute atomic E-state index is 13.2. The van der Waals surface area contributed by atoms with Crippen molar-refractivity contribution in [1.29, 1.82) is 0 Å². The lowest BCUT2D eigenvalue weighted by Gasteiger charge is -2.17. The fourth-order valence-electron chi connectivity index (χ4n) is 4.71. The Kier molecular flexibility index (Phi) is 6.08. The number of hydrogen-bond acceptors (Lipinski definition) is 6. The van der Waals surface area contributed by atoms with Gasteiger partial charge in [-0.05, 0) is 79.1 Å². The molecule has 0 radical (unpaired) electrons. The Morgan fingerprint density at radius 3 is 2.33 bits per heavy atom. The van der Waals surface area contributed by atoms with Gasteiger partial charge in [-0.25, -0.2) is 9.69 Å². The molecular formula is C32H20ClNO6. The number of imide groups is 1. The van der Waals surface area contributed by atoms with Crippen LogP contribution in [0.25, 0.3) is 22.1 Å². The number of ether oxygens (including phenoxy) is 1. The molecule has 0 aliphatic carbocycles. The van der Waals surface area contributed by atoms with Crippen LogP contribution in [0.15, 0.2) is 94.3 Å². The molecule has 2 amide bonds. The smallest absolute Gasteiger partial charge is 0.343 e. The monoisotopic (exact) mass is 549 g/mol. The molecule has 0 unspecified atom stereocenters. The average Bonchev–Trinajstić information content (AvgIpc) is 3.19. The largest absolute Gasteiger partial charge is 0.463 e. The van der Waals surface area contributed by atoms with Gasteiger partial charge in [0.05, 0.1) is 33.3 Å². The molecule has 1 aliphatic heterocycles. The van der Waals surface area contributed by atoms with Crippen LogP contribution in [0.2, 0.25) is 5.02 Å². The number of esters is 1. The van der Waals surface area contributed by atoms with Crippen molar-refractivity contribution < 1.29 is 23.5 Å². The third-order valence-corrected chi connectivity index (χ3v) is 7.09. The van der Waals surface area contributed by atoms with E-state index in [4.69, 9.17) is 20.8 Å². The van der Waals surface area contributed by atoms with E-state index in [1.54, 1.807) is 30.3 Å². The molecule has 0 N–H and O–H groups in total. The highest BCUT2D eigenvalue weighted by atomic mass is 35.5. The standard InChI is InChI=1S/C32H20ClNO6/c1-17-3-4-18(2)27(13-17)34-30(36)23-11-7-20(14-25(23)31(34)37)32(38)40-22-10-12-24-28(15-22)39-16-26(29(24)35)19-5-8-21(33)9-6-19/h3-16H,1-2H3. The maximum Gasteiger partial charge on any atom is 0.343 e. The molecule has 0 bridgehead atoms. The predicted octanol–water partition coefficient (Wildman–Crippen LogP) is 6.75. The van der Waals surface area contributed by atoms with Crippen LogP contribution in [-0.4, -0.2) is 17.8 Å². The van der Waals surface area contributed by atoms with Crippen molar-refractivity contribution >= 4 is 46.0 Å². The average molecular weight is 550 g/mol. The van der Waals surface area contributed by atoms with Crippen molar-refractivity contribution in [3.05, 3.63) is 128 Å². The Hall–Kier alpha value is -5.01. The SMILES string of the molecule is Cc1ccc(C)c(N2C(=O)c3ccc(C(=O)Oc4ccc5c(=O)c(-c6ccc(Cl)cc6)coc5c4)cc3C2=O)c1. The number of benzene rings is 4. The van der Waals surface area contributed by atoms with Crippen molar-refractivity contribution in [2.24, 2.45) is 0 Å². The highest BCUT2D eigenvalue weighted by Gasteiger charge is 2.38. The molecule has 0 fully saturated rings. The molecular weight excluding hydrogens is 530 g/mol. The second-order valence-corrected chi connectivity index (χ2v) is 9.97. The molecule has 2 heterocycles. The van der Waals surface area contributed by atoms with Crippen molar-refractivity contribution in [3.8, 4) is 16.9 Å². The summed E-state index contributed by atoms with van der Waals surface area (Å²) in [6.07, 6.45) is 1.35. The van der Waals surface area contributed by atoms with E-state index >= 15 is 0 Å². The van der Waals surface area contributed by atoms with Crippen LogP contribution >= 0.6 is 11.6 Å². The van der Waals surface area contributed by atoms with E-state index in [0.717, 1.165) is 16.0 Å². The first-order chi connectivity index (χ1) is 19.2. The molecule has 0 spiro atoms. The first-order valence-corrected chi connectivity index (χ1v) is 12.7. The quantitative estimate of drug-likeness (QED) is 0.140. The van der Waals surface area contributed by atoms with Gasteiger partial charge in [-0.2, -0.15) is 0 Å².